The quantitative estimate of drug-likeness (QED) is 0.687. The molecular formula is C14H10F2N2O3. The highest BCUT2D eigenvalue weighted by molar-refractivity contribution is 5.92. The number of hydrogen-bond donors (Lipinski definition) is 1. The molecule has 21 heavy (non-hydrogen) atoms. The van der Waals surface area contributed by atoms with E-state index >= 15 is 0 Å². The first-order chi connectivity index (χ1) is 9.93. The predicted molar refractivity (Wildman–Crippen MR) is 72.2 cm³/mol. The summed E-state index contributed by atoms with van der Waals surface area (Å²) >= 11 is 0. The number of hydrogen-bond acceptors (Lipinski definition) is 3. The second-order valence-corrected chi connectivity index (χ2v) is 4.73. The van der Waals surface area contributed by atoms with Crippen LogP contribution in [0.15, 0.2) is 35.8 Å². The maximum absolute atomic E-state index is 13.4. The van der Waals surface area contributed by atoms with Gasteiger partial charge >= 0.3 is 5.97 Å². The third-order valence-corrected chi connectivity index (χ3v) is 3.43. The molecule has 1 aliphatic heterocycles. The normalized spacial score (nSPS) is 17.0. The number of benzene rings is 1. The minimum absolute atomic E-state index is 0.0366. The van der Waals surface area contributed by atoms with Gasteiger partial charge in [-0.25, -0.2) is 13.6 Å². The van der Waals surface area contributed by atoms with E-state index in [2.05, 4.69) is 6.58 Å². The monoisotopic (exact) mass is 292 g/mol. The molecule has 1 aliphatic rings. The summed E-state index contributed by atoms with van der Waals surface area (Å²) in [5.41, 5.74) is -1.22. The number of aromatic nitrogens is 1. The lowest BCUT2D eigenvalue weighted by molar-refractivity contribution is 0.0695. The number of rotatable bonds is 3. The molecule has 0 spiro atoms. The van der Waals surface area contributed by atoms with Crippen molar-refractivity contribution >= 4 is 16.9 Å². The number of carbonyl (C=O) groups is 1. The number of aromatic carboxylic acids is 1. The van der Waals surface area contributed by atoms with Crippen LogP contribution in [0.5, 0.6) is 0 Å². The summed E-state index contributed by atoms with van der Waals surface area (Å²) in [4.78, 5) is 23.2. The highest BCUT2D eigenvalue weighted by Gasteiger charge is 2.33. The van der Waals surface area contributed by atoms with Crippen molar-refractivity contribution in [1.29, 1.82) is 0 Å². The summed E-state index contributed by atoms with van der Waals surface area (Å²) in [6, 6.07) is 1.57. The number of fused-ring (bicyclic) bond motifs is 1. The van der Waals surface area contributed by atoms with Gasteiger partial charge in [0.25, 0.3) is 0 Å². The molecule has 1 atom stereocenters. The summed E-state index contributed by atoms with van der Waals surface area (Å²) in [5, 5.41) is 10.6. The highest BCUT2D eigenvalue weighted by atomic mass is 19.2. The van der Waals surface area contributed by atoms with Gasteiger partial charge < -0.3 is 10.1 Å². The topological polar surface area (TPSA) is 62.3 Å². The lowest BCUT2D eigenvalue weighted by Gasteiger charge is -2.14. The molecular weight excluding hydrogens is 282 g/mol. The van der Waals surface area contributed by atoms with Crippen molar-refractivity contribution in [1.82, 2.24) is 4.68 Å². The van der Waals surface area contributed by atoms with Crippen molar-refractivity contribution < 1.29 is 18.7 Å². The van der Waals surface area contributed by atoms with E-state index in [1.165, 1.54) is 4.68 Å². The van der Waals surface area contributed by atoms with Crippen LogP contribution in [0.2, 0.25) is 0 Å². The van der Waals surface area contributed by atoms with Crippen LogP contribution in [-0.4, -0.2) is 28.3 Å². The molecule has 2 heterocycles. The number of carboxylic acid groups (broad SMARTS) is 1. The predicted octanol–water partition coefficient (Wildman–Crippen LogP) is 1.48. The lowest BCUT2D eigenvalue weighted by atomic mass is 10.1. The van der Waals surface area contributed by atoms with E-state index in [0.717, 1.165) is 18.3 Å². The van der Waals surface area contributed by atoms with Crippen LogP contribution in [0.3, 0.4) is 0 Å². The molecule has 1 N–H and O–H groups in total. The molecule has 1 aromatic heterocycles. The minimum Gasteiger partial charge on any atom is -0.477 e. The molecule has 0 saturated carbocycles. The Labute approximate surface area is 117 Å². The van der Waals surface area contributed by atoms with Gasteiger partial charge in [-0.05, 0) is 6.07 Å². The van der Waals surface area contributed by atoms with E-state index < -0.39 is 28.6 Å². The SMILES string of the molecule is C=CC1CN1n1cc(C(=O)O)c(=O)c2cc(F)c(F)cc21. The number of carboxylic acids is 1. The van der Waals surface area contributed by atoms with E-state index in [-0.39, 0.29) is 16.9 Å². The van der Waals surface area contributed by atoms with Crippen LogP contribution >= 0.6 is 0 Å². The van der Waals surface area contributed by atoms with Gasteiger partial charge in [-0.15, -0.1) is 6.58 Å². The zero-order valence-electron chi connectivity index (χ0n) is 10.7. The van der Waals surface area contributed by atoms with Crippen LogP contribution in [-0.2, 0) is 0 Å². The van der Waals surface area contributed by atoms with Gasteiger partial charge in [-0.1, -0.05) is 6.08 Å². The molecule has 108 valence electrons. The smallest absolute Gasteiger partial charge is 0.341 e. The molecule has 5 nitrogen and oxygen atoms in total. The average Bonchev–Trinajstić information content (AvgIpc) is 3.20. The molecule has 1 aromatic carbocycles. The van der Waals surface area contributed by atoms with Crippen LogP contribution in [0.25, 0.3) is 10.9 Å². The highest BCUT2D eigenvalue weighted by Crippen LogP contribution is 2.23. The van der Waals surface area contributed by atoms with Crippen molar-refractivity contribution in [2.24, 2.45) is 0 Å². The van der Waals surface area contributed by atoms with E-state index in [1.54, 1.807) is 11.1 Å². The molecule has 3 rings (SSSR count). The Kier molecular flexibility index (Phi) is 2.79. The fraction of sp³-hybridized carbons (Fsp3) is 0.143. The Hall–Kier alpha value is -2.70. The maximum Gasteiger partial charge on any atom is 0.341 e. The number of pyridine rings is 1. The standard InChI is InChI=1S/C14H10F2N2O3/c1-2-7-5-17(7)18-6-9(14(20)21)13(19)8-3-10(15)11(16)4-12(8)18/h2-4,6-7H,1,5H2,(H,20,21). The van der Waals surface area contributed by atoms with Gasteiger partial charge in [-0.3, -0.25) is 9.47 Å². The third-order valence-electron chi connectivity index (χ3n) is 3.43. The lowest BCUT2D eigenvalue weighted by Crippen LogP contribution is -2.24. The Morgan fingerprint density at radius 2 is 2.05 bits per heavy atom. The van der Waals surface area contributed by atoms with Gasteiger partial charge in [0.1, 0.15) is 5.56 Å². The van der Waals surface area contributed by atoms with Crippen molar-refractivity contribution in [2.45, 2.75) is 6.04 Å². The molecule has 0 radical (unpaired) electrons. The summed E-state index contributed by atoms with van der Waals surface area (Å²) in [6.45, 7) is 4.17. The van der Waals surface area contributed by atoms with E-state index in [0.29, 0.717) is 6.54 Å². The van der Waals surface area contributed by atoms with Gasteiger partial charge in [-0.2, -0.15) is 0 Å². The zero-order valence-corrected chi connectivity index (χ0v) is 10.7. The molecule has 2 aromatic rings. The Morgan fingerprint density at radius 3 is 2.62 bits per heavy atom. The first kappa shape index (κ1) is 13.3. The summed E-state index contributed by atoms with van der Waals surface area (Å²) in [6.07, 6.45) is 2.76. The third kappa shape index (κ3) is 1.97. The number of halogens is 2. The first-order valence-corrected chi connectivity index (χ1v) is 6.11. The molecule has 0 amide bonds. The largest absolute Gasteiger partial charge is 0.477 e. The minimum atomic E-state index is -1.42. The van der Waals surface area contributed by atoms with Gasteiger partial charge in [0.05, 0.1) is 23.5 Å². The fourth-order valence-electron chi connectivity index (χ4n) is 2.26. The Morgan fingerprint density at radius 1 is 1.38 bits per heavy atom. The maximum atomic E-state index is 13.4. The molecule has 1 saturated heterocycles. The van der Waals surface area contributed by atoms with Crippen LogP contribution < -0.4 is 10.4 Å². The van der Waals surface area contributed by atoms with Gasteiger partial charge in [0, 0.05) is 12.3 Å². The van der Waals surface area contributed by atoms with Crippen LogP contribution in [0.4, 0.5) is 8.78 Å². The van der Waals surface area contributed by atoms with Crippen molar-refractivity contribution in [3.05, 3.63) is 58.4 Å². The average molecular weight is 292 g/mol. The fourth-order valence-corrected chi connectivity index (χ4v) is 2.26. The van der Waals surface area contributed by atoms with Crippen molar-refractivity contribution in [2.75, 3.05) is 11.6 Å². The van der Waals surface area contributed by atoms with E-state index in [9.17, 15) is 18.4 Å². The second-order valence-electron chi connectivity index (χ2n) is 4.73. The molecule has 7 heteroatoms. The zero-order chi connectivity index (χ0) is 15.3. The van der Waals surface area contributed by atoms with E-state index in [4.69, 9.17) is 5.11 Å². The number of nitrogens with zero attached hydrogens (tertiary/aromatic N) is 2. The van der Waals surface area contributed by atoms with Crippen LogP contribution in [0.1, 0.15) is 10.4 Å². The Balaban J connectivity index is 2.37. The van der Waals surface area contributed by atoms with Gasteiger partial charge in [0.2, 0.25) is 5.43 Å². The summed E-state index contributed by atoms with van der Waals surface area (Å²) in [5.74, 6) is -3.71. The van der Waals surface area contributed by atoms with Crippen molar-refractivity contribution in [3.8, 4) is 0 Å². The van der Waals surface area contributed by atoms with Gasteiger partial charge in [0.15, 0.2) is 11.6 Å². The molecule has 1 unspecified atom stereocenters. The van der Waals surface area contributed by atoms with Crippen LogP contribution in [0, 0.1) is 11.6 Å². The van der Waals surface area contributed by atoms with Crippen molar-refractivity contribution in [3.63, 3.8) is 0 Å². The summed E-state index contributed by atoms with van der Waals surface area (Å²) in [7, 11) is 0. The molecule has 0 bridgehead atoms. The Bertz CT molecular complexity index is 844. The molecule has 0 aliphatic carbocycles. The summed E-state index contributed by atoms with van der Waals surface area (Å²) < 4.78 is 28.1. The first-order valence-electron chi connectivity index (χ1n) is 6.11. The molecule has 1 fully saturated rings. The second kappa shape index (κ2) is 4.41. The van der Waals surface area contributed by atoms with E-state index in [1.807, 2.05) is 0 Å².